The molecule has 1 aromatic heterocycles. The largest absolute Gasteiger partial charge is 0.307 e. The number of nitrogens with one attached hydrogen (secondary N) is 2. The van der Waals surface area contributed by atoms with E-state index in [2.05, 4.69) is 56.7 Å². The Morgan fingerprint density at radius 2 is 1.79 bits per heavy atom. The first-order valence-corrected chi connectivity index (χ1v) is 8.23. The normalized spacial score (nSPS) is 31.1. The van der Waals surface area contributed by atoms with E-state index in [1.807, 2.05) is 11.3 Å². The highest BCUT2D eigenvalue weighted by molar-refractivity contribution is 7.10. The van der Waals surface area contributed by atoms with Gasteiger partial charge in [-0.25, -0.2) is 0 Å². The zero-order chi connectivity index (χ0) is 13.9. The maximum absolute atomic E-state index is 3.96. The Bertz CT molecular complexity index is 471. The maximum atomic E-state index is 3.96. The third-order valence-electron chi connectivity index (χ3n) is 4.39. The highest BCUT2D eigenvalue weighted by Gasteiger charge is 2.51. The van der Waals surface area contributed by atoms with E-state index in [0.29, 0.717) is 6.04 Å². The first-order chi connectivity index (χ1) is 8.72. The van der Waals surface area contributed by atoms with E-state index in [1.165, 1.54) is 19.3 Å². The number of thiophene rings is 1. The maximum Gasteiger partial charge on any atom is 0.0568 e. The highest BCUT2D eigenvalue weighted by atomic mass is 32.1. The predicted molar refractivity (Wildman–Crippen MR) is 82.8 cm³/mol. The first-order valence-electron chi connectivity index (χ1n) is 7.35. The summed E-state index contributed by atoms with van der Waals surface area (Å²) >= 11 is 1.94. The molecule has 0 amide bonds. The van der Waals surface area contributed by atoms with Crippen LogP contribution in [0.1, 0.15) is 57.9 Å². The second-order valence-corrected chi connectivity index (χ2v) is 8.77. The molecule has 0 bridgehead atoms. The summed E-state index contributed by atoms with van der Waals surface area (Å²) in [7, 11) is 0. The number of rotatable bonds is 0. The van der Waals surface area contributed by atoms with Crippen molar-refractivity contribution in [3.05, 3.63) is 21.9 Å². The first kappa shape index (κ1) is 13.6. The van der Waals surface area contributed by atoms with Gasteiger partial charge in [-0.2, -0.15) is 0 Å². The number of hydrogen-bond acceptors (Lipinski definition) is 3. The molecule has 1 atom stereocenters. The van der Waals surface area contributed by atoms with E-state index in [4.69, 9.17) is 0 Å². The average molecular weight is 278 g/mol. The second kappa shape index (κ2) is 4.06. The monoisotopic (exact) mass is 278 g/mol. The molecule has 0 saturated carbocycles. The Balaban J connectivity index is 2.08. The molecular weight excluding hydrogens is 252 g/mol. The van der Waals surface area contributed by atoms with Crippen molar-refractivity contribution in [3.8, 4) is 0 Å². The van der Waals surface area contributed by atoms with E-state index < -0.39 is 0 Å². The Hall–Kier alpha value is -0.380. The van der Waals surface area contributed by atoms with Crippen molar-refractivity contribution in [2.45, 2.75) is 76.5 Å². The third kappa shape index (κ3) is 2.37. The van der Waals surface area contributed by atoms with Crippen molar-refractivity contribution >= 4 is 11.3 Å². The van der Waals surface area contributed by atoms with Gasteiger partial charge in [-0.15, -0.1) is 11.3 Å². The fraction of sp³-hybridized carbons (Fsp3) is 0.750. The minimum absolute atomic E-state index is 0.166. The summed E-state index contributed by atoms with van der Waals surface area (Å²) < 4.78 is 0. The van der Waals surface area contributed by atoms with Crippen molar-refractivity contribution in [2.75, 3.05) is 0 Å². The quantitative estimate of drug-likeness (QED) is 0.760. The minimum atomic E-state index is 0.166. The van der Waals surface area contributed by atoms with E-state index in [9.17, 15) is 0 Å². The lowest BCUT2D eigenvalue weighted by Gasteiger charge is -2.55. The fourth-order valence-electron chi connectivity index (χ4n) is 4.67. The molecule has 0 radical (unpaired) electrons. The van der Waals surface area contributed by atoms with E-state index in [-0.39, 0.29) is 16.6 Å². The van der Waals surface area contributed by atoms with Crippen LogP contribution in [-0.2, 0) is 12.0 Å². The van der Waals surface area contributed by atoms with Crippen LogP contribution in [0.2, 0.25) is 0 Å². The third-order valence-corrected chi connectivity index (χ3v) is 5.56. The molecule has 1 aromatic rings. The molecular formula is C16H26N2S. The smallest absolute Gasteiger partial charge is 0.0568 e. The summed E-state index contributed by atoms with van der Waals surface area (Å²) in [5.41, 5.74) is 2.09. The van der Waals surface area contributed by atoms with Gasteiger partial charge in [0.1, 0.15) is 0 Å². The summed E-state index contributed by atoms with van der Waals surface area (Å²) in [5.74, 6) is 0. The standard InChI is InChI=1S/C16H26N2S/c1-11-8-12-6-7-19-13(12)16(17-11)9-14(2,3)18-15(4,5)10-16/h6-7,11,17-18H,8-10H2,1-5H3/t11-/m0/s1. The predicted octanol–water partition coefficient (Wildman–Crippen LogP) is 3.42. The van der Waals surface area contributed by atoms with Gasteiger partial charge in [-0.3, -0.25) is 0 Å². The molecule has 0 unspecified atom stereocenters. The Kier molecular flexibility index (Phi) is 2.91. The summed E-state index contributed by atoms with van der Waals surface area (Å²) in [6.45, 7) is 11.7. The van der Waals surface area contributed by atoms with Crippen molar-refractivity contribution in [2.24, 2.45) is 0 Å². The molecule has 3 heterocycles. The van der Waals surface area contributed by atoms with Gasteiger partial charge in [-0.1, -0.05) is 0 Å². The van der Waals surface area contributed by atoms with Crippen LogP contribution in [0.3, 0.4) is 0 Å². The topological polar surface area (TPSA) is 24.1 Å². The summed E-state index contributed by atoms with van der Waals surface area (Å²) in [6.07, 6.45) is 3.51. The van der Waals surface area contributed by atoms with Gasteiger partial charge in [0.2, 0.25) is 0 Å². The minimum Gasteiger partial charge on any atom is -0.307 e. The molecule has 106 valence electrons. The van der Waals surface area contributed by atoms with E-state index in [1.54, 1.807) is 10.4 Å². The molecule has 2 N–H and O–H groups in total. The van der Waals surface area contributed by atoms with Crippen LogP contribution in [0.15, 0.2) is 11.4 Å². The van der Waals surface area contributed by atoms with Gasteiger partial charge in [-0.05, 0) is 70.9 Å². The van der Waals surface area contributed by atoms with Crippen LogP contribution in [0, 0.1) is 0 Å². The summed E-state index contributed by atoms with van der Waals surface area (Å²) in [6, 6.07) is 2.91. The van der Waals surface area contributed by atoms with Crippen LogP contribution in [-0.4, -0.2) is 17.1 Å². The lowest BCUT2D eigenvalue weighted by molar-refractivity contribution is 0.0674. The molecule has 2 nitrogen and oxygen atoms in total. The molecule has 1 saturated heterocycles. The summed E-state index contributed by atoms with van der Waals surface area (Å²) in [4.78, 5) is 1.59. The van der Waals surface area contributed by atoms with Crippen molar-refractivity contribution < 1.29 is 0 Å². The number of piperidine rings is 1. The Morgan fingerprint density at radius 3 is 2.42 bits per heavy atom. The van der Waals surface area contributed by atoms with Gasteiger partial charge in [0.15, 0.2) is 0 Å². The zero-order valence-electron chi connectivity index (χ0n) is 12.8. The number of fused-ring (bicyclic) bond motifs is 2. The van der Waals surface area contributed by atoms with Gasteiger partial charge in [0.25, 0.3) is 0 Å². The van der Waals surface area contributed by atoms with Crippen LogP contribution in [0.4, 0.5) is 0 Å². The lowest BCUT2D eigenvalue weighted by atomic mass is 9.67. The molecule has 3 heteroatoms. The highest BCUT2D eigenvalue weighted by Crippen LogP contribution is 2.47. The summed E-state index contributed by atoms with van der Waals surface area (Å²) in [5, 5.41) is 10.0. The van der Waals surface area contributed by atoms with Gasteiger partial charge in [0, 0.05) is 22.0 Å². The van der Waals surface area contributed by atoms with Gasteiger partial charge >= 0.3 is 0 Å². The van der Waals surface area contributed by atoms with E-state index >= 15 is 0 Å². The molecule has 1 fully saturated rings. The SMILES string of the molecule is C[C@H]1Cc2ccsc2C2(CC(C)(C)NC(C)(C)C2)N1. The second-order valence-electron chi connectivity index (χ2n) is 7.85. The molecule has 2 aliphatic rings. The van der Waals surface area contributed by atoms with Crippen molar-refractivity contribution in [3.63, 3.8) is 0 Å². The Labute approximate surface area is 121 Å². The van der Waals surface area contributed by atoms with Gasteiger partial charge < -0.3 is 10.6 Å². The van der Waals surface area contributed by atoms with Crippen LogP contribution >= 0.6 is 11.3 Å². The molecule has 1 spiro atoms. The fourth-order valence-corrected chi connectivity index (χ4v) is 5.77. The van der Waals surface area contributed by atoms with E-state index in [0.717, 1.165) is 0 Å². The molecule has 3 rings (SSSR count). The van der Waals surface area contributed by atoms with Crippen molar-refractivity contribution in [1.82, 2.24) is 10.6 Å². The van der Waals surface area contributed by atoms with Crippen molar-refractivity contribution in [1.29, 1.82) is 0 Å². The van der Waals surface area contributed by atoms with Crippen LogP contribution in [0.25, 0.3) is 0 Å². The number of hydrogen-bond donors (Lipinski definition) is 2. The zero-order valence-corrected chi connectivity index (χ0v) is 13.6. The Morgan fingerprint density at radius 1 is 1.16 bits per heavy atom. The van der Waals surface area contributed by atoms with Crippen LogP contribution < -0.4 is 10.6 Å². The molecule has 19 heavy (non-hydrogen) atoms. The average Bonchev–Trinajstić information content (AvgIpc) is 2.59. The molecule has 0 aliphatic carbocycles. The molecule has 2 aliphatic heterocycles. The van der Waals surface area contributed by atoms with Crippen LogP contribution in [0.5, 0.6) is 0 Å². The lowest BCUT2D eigenvalue weighted by Crippen LogP contribution is -2.67. The van der Waals surface area contributed by atoms with Gasteiger partial charge in [0.05, 0.1) is 5.54 Å². The molecule has 0 aromatic carbocycles.